The highest BCUT2D eigenvalue weighted by atomic mass is 79.9. The Morgan fingerprint density at radius 1 is 1.46 bits per heavy atom. The third-order valence-corrected chi connectivity index (χ3v) is 4.33. The Morgan fingerprint density at radius 3 is 2.71 bits per heavy atom. The Morgan fingerprint density at radius 2 is 2.17 bits per heavy atom. The van der Waals surface area contributed by atoms with Crippen molar-refractivity contribution in [2.45, 2.75) is 32.6 Å². The van der Waals surface area contributed by atoms with Gasteiger partial charge in [0.1, 0.15) is 6.54 Å². The van der Waals surface area contributed by atoms with Crippen LogP contribution in [0.25, 0.3) is 0 Å². The molecule has 1 amide bonds. The minimum atomic E-state index is -4.57. The first-order valence-corrected chi connectivity index (χ1v) is 8.10. The van der Waals surface area contributed by atoms with E-state index in [1.165, 1.54) is 13.1 Å². The summed E-state index contributed by atoms with van der Waals surface area (Å²) in [6.07, 6.45) is -0.793. The van der Waals surface area contributed by atoms with E-state index in [9.17, 15) is 18.0 Å². The van der Waals surface area contributed by atoms with Crippen molar-refractivity contribution in [1.29, 1.82) is 0 Å². The van der Waals surface area contributed by atoms with Crippen molar-refractivity contribution in [3.63, 3.8) is 0 Å². The van der Waals surface area contributed by atoms with Crippen LogP contribution < -0.4 is 5.32 Å². The molecule has 1 N–H and O–H groups in total. The lowest BCUT2D eigenvalue weighted by atomic mass is 10.3. The van der Waals surface area contributed by atoms with E-state index in [-0.39, 0.29) is 16.7 Å². The second kappa shape index (κ2) is 7.56. The van der Waals surface area contributed by atoms with Crippen molar-refractivity contribution in [1.82, 2.24) is 24.9 Å². The number of rotatable bonds is 6. The van der Waals surface area contributed by atoms with Crippen LogP contribution in [0.4, 0.5) is 13.2 Å². The second-order valence-electron chi connectivity index (χ2n) is 5.03. The Balaban J connectivity index is 1.84. The molecule has 2 aromatic heterocycles. The van der Waals surface area contributed by atoms with Gasteiger partial charge in [0.15, 0.2) is 5.69 Å². The Labute approximate surface area is 149 Å². The SMILES string of the molecule is Cc1c(Br)c(C(F)(F)F)nn1CC(=O)NCCCn1cc(Cl)cn1. The minimum Gasteiger partial charge on any atom is -0.354 e. The van der Waals surface area contributed by atoms with Crippen molar-refractivity contribution in [3.05, 3.63) is 33.3 Å². The molecule has 0 bridgehead atoms. The number of aryl methyl sites for hydroxylation is 1. The topological polar surface area (TPSA) is 64.7 Å². The highest BCUT2D eigenvalue weighted by Gasteiger charge is 2.38. The van der Waals surface area contributed by atoms with Crippen molar-refractivity contribution >= 4 is 33.4 Å². The fourth-order valence-electron chi connectivity index (χ4n) is 1.98. The molecule has 0 aliphatic carbocycles. The minimum absolute atomic E-state index is 0.154. The molecule has 24 heavy (non-hydrogen) atoms. The van der Waals surface area contributed by atoms with Crippen LogP contribution in [0.5, 0.6) is 0 Å². The van der Waals surface area contributed by atoms with Gasteiger partial charge in [-0.15, -0.1) is 0 Å². The molecule has 2 aromatic rings. The summed E-state index contributed by atoms with van der Waals surface area (Å²) in [5, 5.41) is 10.6. The summed E-state index contributed by atoms with van der Waals surface area (Å²) in [4.78, 5) is 11.8. The normalized spacial score (nSPS) is 11.8. The summed E-state index contributed by atoms with van der Waals surface area (Å²) >= 11 is 8.59. The smallest absolute Gasteiger partial charge is 0.354 e. The number of carbonyl (C=O) groups is 1. The third-order valence-electron chi connectivity index (χ3n) is 3.18. The molecule has 0 radical (unpaired) electrons. The molecule has 0 aliphatic rings. The molecule has 132 valence electrons. The molecule has 2 heterocycles. The van der Waals surface area contributed by atoms with Gasteiger partial charge in [0.2, 0.25) is 5.91 Å². The van der Waals surface area contributed by atoms with Crippen LogP contribution >= 0.6 is 27.5 Å². The number of carbonyl (C=O) groups excluding carboxylic acids is 1. The molecule has 11 heteroatoms. The first kappa shape index (κ1) is 18.8. The third kappa shape index (κ3) is 4.73. The zero-order chi connectivity index (χ0) is 17.9. The van der Waals surface area contributed by atoms with Gasteiger partial charge in [-0.05, 0) is 29.3 Å². The van der Waals surface area contributed by atoms with Gasteiger partial charge in [0.25, 0.3) is 0 Å². The van der Waals surface area contributed by atoms with Crippen molar-refractivity contribution in [3.8, 4) is 0 Å². The summed E-state index contributed by atoms with van der Waals surface area (Å²) in [7, 11) is 0. The maximum absolute atomic E-state index is 12.8. The lowest BCUT2D eigenvalue weighted by Gasteiger charge is -2.07. The first-order valence-electron chi connectivity index (χ1n) is 6.93. The maximum atomic E-state index is 12.8. The van der Waals surface area contributed by atoms with Crippen LogP contribution in [0.15, 0.2) is 16.9 Å². The van der Waals surface area contributed by atoms with E-state index in [0.717, 1.165) is 4.68 Å². The summed E-state index contributed by atoms with van der Waals surface area (Å²) < 4.78 is 40.8. The standard InChI is InChI=1S/C13H14BrClF3N5O/c1-8-11(14)12(13(16,17)18)21-23(8)7-10(24)19-3-2-4-22-6-9(15)5-20-22/h5-6H,2-4,7H2,1H3,(H,19,24). The summed E-state index contributed by atoms with van der Waals surface area (Å²) in [5.41, 5.74) is -0.799. The second-order valence-corrected chi connectivity index (χ2v) is 6.26. The Hall–Kier alpha value is -1.55. The van der Waals surface area contributed by atoms with Gasteiger partial charge in [0, 0.05) is 19.3 Å². The number of hydrogen-bond acceptors (Lipinski definition) is 3. The molecule has 0 fully saturated rings. The average molecular weight is 429 g/mol. The fraction of sp³-hybridized carbons (Fsp3) is 0.462. The molecule has 2 rings (SSSR count). The molecule has 0 saturated carbocycles. The van der Waals surface area contributed by atoms with Gasteiger partial charge in [-0.25, -0.2) is 0 Å². The van der Waals surface area contributed by atoms with E-state index in [1.807, 2.05) is 0 Å². The number of halogens is 5. The predicted molar refractivity (Wildman–Crippen MR) is 84.5 cm³/mol. The van der Waals surface area contributed by atoms with Gasteiger partial charge in [0.05, 0.1) is 21.4 Å². The van der Waals surface area contributed by atoms with Crippen LogP contribution in [0.3, 0.4) is 0 Å². The van der Waals surface area contributed by atoms with Crippen LogP contribution in [0.1, 0.15) is 17.8 Å². The van der Waals surface area contributed by atoms with Gasteiger partial charge in [-0.3, -0.25) is 14.2 Å². The lowest BCUT2D eigenvalue weighted by Crippen LogP contribution is -2.29. The quantitative estimate of drug-likeness (QED) is 0.720. The summed E-state index contributed by atoms with van der Waals surface area (Å²) in [6, 6.07) is 0. The molecule has 6 nitrogen and oxygen atoms in total. The van der Waals surface area contributed by atoms with E-state index in [2.05, 4.69) is 31.4 Å². The number of alkyl halides is 3. The van der Waals surface area contributed by atoms with Gasteiger partial charge in [-0.2, -0.15) is 23.4 Å². The highest BCUT2D eigenvalue weighted by Crippen LogP contribution is 2.35. The molecule has 0 spiro atoms. The molecular formula is C13H14BrClF3N5O. The van der Waals surface area contributed by atoms with Crippen LogP contribution in [0, 0.1) is 6.92 Å². The average Bonchev–Trinajstić information content (AvgIpc) is 3.01. The van der Waals surface area contributed by atoms with Gasteiger partial charge >= 0.3 is 6.18 Å². The van der Waals surface area contributed by atoms with E-state index >= 15 is 0 Å². The van der Waals surface area contributed by atoms with Crippen molar-refractivity contribution < 1.29 is 18.0 Å². The zero-order valence-corrected chi connectivity index (χ0v) is 14.9. The monoisotopic (exact) mass is 427 g/mol. The van der Waals surface area contributed by atoms with Gasteiger partial charge in [-0.1, -0.05) is 11.6 Å². The predicted octanol–water partition coefficient (Wildman–Crippen LogP) is 3.03. The number of aromatic nitrogens is 4. The Kier molecular flexibility index (Phi) is 5.92. The van der Waals surface area contributed by atoms with Crippen molar-refractivity contribution in [2.24, 2.45) is 0 Å². The van der Waals surface area contributed by atoms with Crippen molar-refractivity contribution in [2.75, 3.05) is 6.54 Å². The van der Waals surface area contributed by atoms with Crippen LogP contribution in [-0.4, -0.2) is 32.0 Å². The Bertz CT molecular complexity index is 728. The number of amides is 1. The maximum Gasteiger partial charge on any atom is 0.436 e. The fourth-order valence-corrected chi connectivity index (χ4v) is 2.65. The van der Waals surface area contributed by atoms with E-state index in [4.69, 9.17) is 11.6 Å². The van der Waals surface area contributed by atoms with E-state index in [0.29, 0.717) is 24.5 Å². The summed E-state index contributed by atoms with van der Waals surface area (Å²) in [5.74, 6) is -0.416. The molecule has 0 atom stereocenters. The number of nitrogens with zero attached hydrogens (tertiary/aromatic N) is 4. The lowest BCUT2D eigenvalue weighted by molar-refractivity contribution is -0.142. The van der Waals surface area contributed by atoms with E-state index in [1.54, 1.807) is 10.9 Å². The molecule has 0 unspecified atom stereocenters. The van der Waals surface area contributed by atoms with Crippen LogP contribution in [-0.2, 0) is 24.1 Å². The summed E-state index contributed by atoms with van der Waals surface area (Å²) in [6.45, 7) is 2.11. The number of hydrogen-bond donors (Lipinski definition) is 1. The zero-order valence-electron chi connectivity index (χ0n) is 12.6. The van der Waals surface area contributed by atoms with Crippen LogP contribution in [0.2, 0.25) is 5.02 Å². The highest BCUT2D eigenvalue weighted by molar-refractivity contribution is 9.10. The van der Waals surface area contributed by atoms with E-state index < -0.39 is 17.8 Å². The molecule has 0 aliphatic heterocycles. The largest absolute Gasteiger partial charge is 0.436 e. The number of nitrogens with one attached hydrogen (secondary N) is 1. The first-order chi connectivity index (χ1) is 11.2. The van der Waals surface area contributed by atoms with Gasteiger partial charge < -0.3 is 5.32 Å². The molecular weight excluding hydrogens is 415 g/mol. The molecule has 0 saturated heterocycles. The molecule has 0 aromatic carbocycles.